The van der Waals surface area contributed by atoms with Crippen molar-refractivity contribution in [1.82, 2.24) is 5.32 Å². The van der Waals surface area contributed by atoms with Crippen LogP contribution in [0, 0.1) is 5.41 Å². The van der Waals surface area contributed by atoms with E-state index in [-0.39, 0.29) is 0 Å². The van der Waals surface area contributed by atoms with Gasteiger partial charge in [0.1, 0.15) is 5.75 Å². The SMILES string of the molecule is CC1(C)CCC(NCCc2ccc3c(c2)CCO3)C1. The zero-order valence-corrected chi connectivity index (χ0v) is 12.2. The molecule has 1 fully saturated rings. The van der Waals surface area contributed by atoms with Crippen LogP contribution in [0.4, 0.5) is 0 Å². The summed E-state index contributed by atoms with van der Waals surface area (Å²) in [6, 6.07) is 7.40. The molecular formula is C17H25NO. The molecule has 1 heterocycles. The van der Waals surface area contributed by atoms with Gasteiger partial charge in [-0.3, -0.25) is 0 Å². The fraction of sp³-hybridized carbons (Fsp3) is 0.647. The van der Waals surface area contributed by atoms with E-state index in [0.717, 1.165) is 37.8 Å². The van der Waals surface area contributed by atoms with Gasteiger partial charge in [0.05, 0.1) is 6.61 Å². The van der Waals surface area contributed by atoms with Gasteiger partial charge in [0.2, 0.25) is 0 Å². The lowest BCUT2D eigenvalue weighted by Gasteiger charge is -2.18. The fourth-order valence-corrected chi connectivity index (χ4v) is 3.43. The highest BCUT2D eigenvalue weighted by atomic mass is 16.5. The molecule has 2 aliphatic rings. The Balaban J connectivity index is 1.48. The van der Waals surface area contributed by atoms with Crippen LogP contribution in [0.15, 0.2) is 18.2 Å². The summed E-state index contributed by atoms with van der Waals surface area (Å²) in [7, 11) is 0. The van der Waals surface area contributed by atoms with Gasteiger partial charge in [0, 0.05) is 12.5 Å². The smallest absolute Gasteiger partial charge is 0.122 e. The summed E-state index contributed by atoms with van der Waals surface area (Å²) in [6.45, 7) is 6.72. The number of rotatable bonds is 4. The van der Waals surface area contributed by atoms with Gasteiger partial charge in [-0.05, 0) is 54.8 Å². The molecule has 0 saturated heterocycles. The molecule has 1 saturated carbocycles. The lowest BCUT2D eigenvalue weighted by molar-refractivity contribution is 0.356. The van der Waals surface area contributed by atoms with Crippen molar-refractivity contribution in [3.63, 3.8) is 0 Å². The van der Waals surface area contributed by atoms with Crippen LogP contribution in [-0.2, 0) is 12.8 Å². The Kier molecular flexibility index (Phi) is 3.53. The van der Waals surface area contributed by atoms with Crippen molar-refractivity contribution < 1.29 is 4.74 Å². The topological polar surface area (TPSA) is 21.3 Å². The van der Waals surface area contributed by atoms with Crippen LogP contribution in [0.25, 0.3) is 0 Å². The van der Waals surface area contributed by atoms with Crippen LogP contribution in [0.1, 0.15) is 44.2 Å². The van der Waals surface area contributed by atoms with Crippen molar-refractivity contribution in [1.29, 1.82) is 0 Å². The van der Waals surface area contributed by atoms with Gasteiger partial charge in [-0.25, -0.2) is 0 Å². The van der Waals surface area contributed by atoms with E-state index < -0.39 is 0 Å². The maximum Gasteiger partial charge on any atom is 0.122 e. The van der Waals surface area contributed by atoms with Crippen LogP contribution in [0.3, 0.4) is 0 Å². The van der Waals surface area contributed by atoms with E-state index in [2.05, 4.69) is 37.4 Å². The number of hydrogen-bond acceptors (Lipinski definition) is 2. The molecule has 1 N–H and O–H groups in total. The Morgan fingerprint density at radius 1 is 1.37 bits per heavy atom. The number of fused-ring (bicyclic) bond motifs is 1. The summed E-state index contributed by atoms with van der Waals surface area (Å²) in [5.41, 5.74) is 3.37. The van der Waals surface area contributed by atoms with Crippen LogP contribution in [0.5, 0.6) is 5.75 Å². The number of benzene rings is 1. The standard InChI is InChI=1S/C17H25NO/c1-17(2)8-5-15(12-17)18-9-6-13-3-4-16-14(11-13)7-10-19-16/h3-4,11,15,18H,5-10,12H2,1-2H3. The largest absolute Gasteiger partial charge is 0.493 e. The highest BCUT2D eigenvalue weighted by Crippen LogP contribution is 2.36. The molecule has 104 valence electrons. The number of hydrogen-bond donors (Lipinski definition) is 1. The zero-order valence-electron chi connectivity index (χ0n) is 12.2. The molecule has 19 heavy (non-hydrogen) atoms. The minimum Gasteiger partial charge on any atom is -0.493 e. The van der Waals surface area contributed by atoms with Crippen molar-refractivity contribution >= 4 is 0 Å². The zero-order chi connectivity index (χ0) is 13.3. The normalized spacial score (nSPS) is 24.2. The Bertz CT molecular complexity index is 453. The van der Waals surface area contributed by atoms with Gasteiger partial charge in [0.25, 0.3) is 0 Å². The molecule has 1 aliphatic heterocycles. The molecule has 1 unspecified atom stereocenters. The monoisotopic (exact) mass is 259 g/mol. The number of nitrogens with one attached hydrogen (secondary N) is 1. The molecule has 0 aromatic heterocycles. The first-order valence-electron chi connectivity index (χ1n) is 7.60. The van der Waals surface area contributed by atoms with Crippen LogP contribution in [0.2, 0.25) is 0 Å². The third-order valence-electron chi connectivity index (χ3n) is 4.57. The Labute approximate surface area is 116 Å². The summed E-state index contributed by atoms with van der Waals surface area (Å²) < 4.78 is 5.55. The van der Waals surface area contributed by atoms with E-state index in [9.17, 15) is 0 Å². The maximum atomic E-state index is 5.55. The van der Waals surface area contributed by atoms with E-state index in [4.69, 9.17) is 4.74 Å². The highest BCUT2D eigenvalue weighted by Gasteiger charge is 2.30. The van der Waals surface area contributed by atoms with Gasteiger partial charge >= 0.3 is 0 Å². The maximum absolute atomic E-state index is 5.55. The third kappa shape index (κ3) is 3.11. The van der Waals surface area contributed by atoms with E-state index in [1.54, 1.807) is 0 Å². The lowest BCUT2D eigenvalue weighted by atomic mass is 9.92. The van der Waals surface area contributed by atoms with Crippen molar-refractivity contribution in [3.05, 3.63) is 29.3 Å². The van der Waals surface area contributed by atoms with Gasteiger partial charge in [0.15, 0.2) is 0 Å². The predicted octanol–water partition coefficient (Wildman–Crippen LogP) is 3.33. The summed E-state index contributed by atoms with van der Waals surface area (Å²) >= 11 is 0. The first-order chi connectivity index (χ1) is 9.12. The quantitative estimate of drug-likeness (QED) is 0.895. The van der Waals surface area contributed by atoms with Gasteiger partial charge in [-0.15, -0.1) is 0 Å². The molecule has 1 aliphatic carbocycles. The van der Waals surface area contributed by atoms with Crippen molar-refractivity contribution in [2.45, 2.75) is 52.0 Å². The first-order valence-corrected chi connectivity index (χ1v) is 7.60. The average Bonchev–Trinajstić information content (AvgIpc) is 2.95. The van der Waals surface area contributed by atoms with Crippen LogP contribution >= 0.6 is 0 Å². The predicted molar refractivity (Wildman–Crippen MR) is 78.8 cm³/mol. The highest BCUT2D eigenvalue weighted by molar-refractivity contribution is 5.39. The Morgan fingerprint density at radius 2 is 2.26 bits per heavy atom. The van der Waals surface area contributed by atoms with Crippen molar-refractivity contribution in [2.75, 3.05) is 13.2 Å². The third-order valence-corrected chi connectivity index (χ3v) is 4.57. The second kappa shape index (κ2) is 5.16. The fourth-order valence-electron chi connectivity index (χ4n) is 3.43. The second-order valence-corrected chi connectivity index (χ2v) is 6.85. The minimum atomic E-state index is 0.544. The molecule has 0 spiro atoms. The molecule has 0 radical (unpaired) electrons. The van der Waals surface area contributed by atoms with Crippen molar-refractivity contribution in [2.24, 2.45) is 5.41 Å². The van der Waals surface area contributed by atoms with Crippen LogP contribution < -0.4 is 10.1 Å². The molecule has 2 heteroatoms. The van der Waals surface area contributed by atoms with E-state index in [0.29, 0.717) is 5.41 Å². The minimum absolute atomic E-state index is 0.544. The second-order valence-electron chi connectivity index (χ2n) is 6.85. The molecule has 0 amide bonds. The molecule has 1 aromatic rings. The van der Waals surface area contributed by atoms with Gasteiger partial charge in [-0.1, -0.05) is 26.0 Å². The molecule has 0 bridgehead atoms. The van der Waals surface area contributed by atoms with Gasteiger partial charge < -0.3 is 10.1 Å². The summed E-state index contributed by atoms with van der Waals surface area (Å²) in [5, 5.41) is 3.72. The molecular weight excluding hydrogens is 234 g/mol. The average molecular weight is 259 g/mol. The van der Waals surface area contributed by atoms with E-state index in [1.165, 1.54) is 30.4 Å². The molecule has 1 atom stereocenters. The van der Waals surface area contributed by atoms with Crippen molar-refractivity contribution in [3.8, 4) is 5.75 Å². The first kappa shape index (κ1) is 13.0. The molecule has 2 nitrogen and oxygen atoms in total. The Hall–Kier alpha value is -1.02. The lowest BCUT2D eigenvalue weighted by Crippen LogP contribution is -2.29. The molecule has 1 aromatic carbocycles. The summed E-state index contributed by atoms with van der Waals surface area (Å²) in [4.78, 5) is 0. The van der Waals surface area contributed by atoms with E-state index >= 15 is 0 Å². The number of ether oxygens (including phenoxy) is 1. The van der Waals surface area contributed by atoms with E-state index in [1.807, 2.05) is 0 Å². The van der Waals surface area contributed by atoms with Crippen LogP contribution in [-0.4, -0.2) is 19.2 Å². The molecule has 3 rings (SSSR count). The summed E-state index contributed by atoms with van der Waals surface area (Å²) in [6.07, 6.45) is 6.23. The Morgan fingerprint density at radius 3 is 3.05 bits per heavy atom. The summed E-state index contributed by atoms with van der Waals surface area (Å²) in [5.74, 6) is 1.09. The van der Waals surface area contributed by atoms with Gasteiger partial charge in [-0.2, -0.15) is 0 Å².